The Kier molecular flexibility index (Phi) is 4.78. The van der Waals surface area contributed by atoms with Crippen LogP contribution < -0.4 is 5.32 Å². The molecule has 1 N–H and O–H groups in total. The third kappa shape index (κ3) is 3.86. The fraction of sp³-hybridized carbons (Fsp3) is 0.231. The second kappa shape index (κ2) is 6.76. The predicted molar refractivity (Wildman–Crippen MR) is 74.6 cm³/mol. The summed E-state index contributed by atoms with van der Waals surface area (Å²) in [6, 6.07) is 8.80. The van der Waals surface area contributed by atoms with Crippen molar-refractivity contribution < 1.29 is 14.3 Å². The number of carbonyl (C=O) groups excluding carboxylic acids is 2. The molecule has 1 amide bonds. The van der Waals surface area contributed by atoms with E-state index in [1.807, 2.05) is 6.07 Å². The molecule has 0 spiro atoms. The second-order valence-electron chi connectivity index (χ2n) is 3.80. The summed E-state index contributed by atoms with van der Waals surface area (Å²) in [5.74, 6) is -0.617. The summed E-state index contributed by atoms with van der Waals surface area (Å²) in [5.41, 5.74) is 0.537. The summed E-state index contributed by atoms with van der Waals surface area (Å²) in [5, 5.41) is 11.2. The number of esters is 1. The molecule has 0 radical (unpaired) electrons. The molecule has 0 bridgehead atoms. The molecule has 0 unspecified atom stereocenters. The minimum absolute atomic E-state index is 0.0622. The van der Waals surface area contributed by atoms with Gasteiger partial charge < -0.3 is 4.74 Å². The predicted octanol–water partition coefficient (Wildman–Crippen LogP) is 1.90. The summed E-state index contributed by atoms with van der Waals surface area (Å²) in [7, 11) is 0. The number of rotatable bonds is 5. The van der Waals surface area contributed by atoms with Gasteiger partial charge in [0.25, 0.3) is 5.91 Å². The number of benzene rings is 1. The van der Waals surface area contributed by atoms with Crippen molar-refractivity contribution in [2.24, 2.45) is 0 Å². The number of amides is 1. The molecule has 20 heavy (non-hydrogen) atoms. The van der Waals surface area contributed by atoms with Gasteiger partial charge >= 0.3 is 5.97 Å². The van der Waals surface area contributed by atoms with E-state index >= 15 is 0 Å². The van der Waals surface area contributed by atoms with Gasteiger partial charge in [-0.2, -0.15) is 0 Å². The molecule has 7 heteroatoms. The molecule has 2 aromatic rings. The van der Waals surface area contributed by atoms with Gasteiger partial charge in [-0.25, -0.2) is 0 Å². The number of anilines is 1. The van der Waals surface area contributed by atoms with Gasteiger partial charge in [-0.05, 0) is 19.1 Å². The monoisotopic (exact) mass is 291 g/mol. The molecule has 0 saturated heterocycles. The quantitative estimate of drug-likeness (QED) is 0.851. The lowest BCUT2D eigenvalue weighted by atomic mass is 10.2. The molecule has 6 nitrogen and oxygen atoms in total. The minimum atomic E-state index is -0.357. The van der Waals surface area contributed by atoms with Gasteiger partial charge in [0.15, 0.2) is 0 Å². The summed E-state index contributed by atoms with van der Waals surface area (Å²) in [4.78, 5) is 23.2. The van der Waals surface area contributed by atoms with Crippen LogP contribution in [0.25, 0.3) is 0 Å². The van der Waals surface area contributed by atoms with Gasteiger partial charge in [0.05, 0.1) is 13.0 Å². The smallest absolute Gasteiger partial charge is 0.312 e. The zero-order valence-corrected chi connectivity index (χ0v) is 11.6. The zero-order chi connectivity index (χ0) is 14.4. The first kappa shape index (κ1) is 14.1. The molecule has 0 fully saturated rings. The van der Waals surface area contributed by atoms with E-state index in [1.165, 1.54) is 0 Å². The molecule has 0 saturated carbocycles. The largest absolute Gasteiger partial charge is 0.466 e. The van der Waals surface area contributed by atoms with Gasteiger partial charge in [-0.15, -0.1) is 10.2 Å². The lowest BCUT2D eigenvalue weighted by Crippen LogP contribution is -2.11. The Balaban J connectivity index is 1.96. The third-order valence-corrected chi connectivity index (χ3v) is 3.16. The number of ether oxygens (including phenoxy) is 1. The van der Waals surface area contributed by atoms with Crippen molar-refractivity contribution in [3.8, 4) is 0 Å². The molecular formula is C13H13N3O3S. The number of carbonyl (C=O) groups is 2. The van der Waals surface area contributed by atoms with Crippen molar-refractivity contribution in [1.29, 1.82) is 0 Å². The van der Waals surface area contributed by atoms with Crippen molar-refractivity contribution in [3.63, 3.8) is 0 Å². The maximum atomic E-state index is 11.9. The zero-order valence-electron chi connectivity index (χ0n) is 10.8. The SMILES string of the molecule is CCOC(=O)Cc1nnc(NC(=O)c2ccccc2)s1. The molecule has 0 aliphatic heterocycles. The van der Waals surface area contributed by atoms with Crippen molar-refractivity contribution in [3.05, 3.63) is 40.9 Å². The Morgan fingerprint density at radius 1 is 1.25 bits per heavy atom. The first-order valence-corrected chi connectivity index (χ1v) is 6.85. The first-order valence-electron chi connectivity index (χ1n) is 6.03. The van der Waals surface area contributed by atoms with E-state index in [0.717, 1.165) is 11.3 Å². The third-order valence-electron chi connectivity index (χ3n) is 2.32. The summed E-state index contributed by atoms with van der Waals surface area (Å²) in [6.07, 6.45) is 0.0622. The van der Waals surface area contributed by atoms with E-state index in [9.17, 15) is 9.59 Å². The highest BCUT2D eigenvalue weighted by molar-refractivity contribution is 7.15. The van der Waals surface area contributed by atoms with Gasteiger partial charge in [0.2, 0.25) is 5.13 Å². The normalized spacial score (nSPS) is 10.1. The number of hydrogen-bond acceptors (Lipinski definition) is 6. The van der Waals surface area contributed by atoms with E-state index in [-0.39, 0.29) is 18.3 Å². The Bertz CT molecular complexity index is 598. The fourth-order valence-electron chi connectivity index (χ4n) is 1.47. The molecule has 2 rings (SSSR count). The Morgan fingerprint density at radius 3 is 2.70 bits per heavy atom. The highest BCUT2D eigenvalue weighted by atomic mass is 32.1. The van der Waals surface area contributed by atoms with Crippen LogP contribution in [-0.4, -0.2) is 28.7 Å². The van der Waals surface area contributed by atoms with Gasteiger partial charge in [0, 0.05) is 5.56 Å². The van der Waals surface area contributed by atoms with Crippen LogP contribution in [0.1, 0.15) is 22.3 Å². The molecule has 1 heterocycles. The van der Waals surface area contributed by atoms with Crippen molar-refractivity contribution >= 4 is 28.3 Å². The molecule has 1 aromatic heterocycles. The summed E-state index contributed by atoms with van der Waals surface area (Å²) >= 11 is 1.16. The van der Waals surface area contributed by atoms with Crippen molar-refractivity contribution in [2.75, 3.05) is 11.9 Å². The lowest BCUT2D eigenvalue weighted by molar-refractivity contribution is -0.142. The van der Waals surface area contributed by atoms with E-state index in [0.29, 0.717) is 22.3 Å². The Morgan fingerprint density at radius 2 is 2.00 bits per heavy atom. The summed E-state index contributed by atoms with van der Waals surface area (Å²) < 4.78 is 4.82. The minimum Gasteiger partial charge on any atom is -0.466 e. The Labute approximate surface area is 119 Å². The average molecular weight is 291 g/mol. The van der Waals surface area contributed by atoms with E-state index in [1.54, 1.807) is 31.2 Å². The topological polar surface area (TPSA) is 81.2 Å². The maximum absolute atomic E-state index is 11.9. The highest BCUT2D eigenvalue weighted by Gasteiger charge is 2.12. The van der Waals surface area contributed by atoms with Crippen LogP contribution in [0, 0.1) is 0 Å². The number of hydrogen-bond donors (Lipinski definition) is 1. The van der Waals surface area contributed by atoms with Crippen LogP contribution in [0.15, 0.2) is 30.3 Å². The van der Waals surface area contributed by atoms with Gasteiger partial charge in [0.1, 0.15) is 5.01 Å². The van der Waals surface area contributed by atoms with Gasteiger partial charge in [-0.1, -0.05) is 29.5 Å². The van der Waals surface area contributed by atoms with Crippen LogP contribution in [0.5, 0.6) is 0 Å². The van der Waals surface area contributed by atoms with Crippen LogP contribution in [-0.2, 0) is 16.0 Å². The van der Waals surface area contributed by atoms with Crippen LogP contribution >= 0.6 is 11.3 Å². The van der Waals surface area contributed by atoms with E-state index in [2.05, 4.69) is 15.5 Å². The Hall–Kier alpha value is -2.28. The second-order valence-corrected chi connectivity index (χ2v) is 4.86. The van der Waals surface area contributed by atoms with Crippen molar-refractivity contribution in [2.45, 2.75) is 13.3 Å². The first-order chi connectivity index (χ1) is 9.69. The lowest BCUT2D eigenvalue weighted by Gasteiger charge is -1.99. The molecular weight excluding hydrogens is 278 g/mol. The highest BCUT2D eigenvalue weighted by Crippen LogP contribution is 2.17. The van der Waals surface area contributed by atoms with E-state index in [4.69, 9.17) is 4.74 Å². The van der Waals surface area contributed by atoms with Crippen LogP contribution in [0.2, 0.25) is 0 Å². The number of nitrogens with one attached hydrogen (secondary N) is 1. The molecule has 1 aromatic carbocycles. The number of nitrogens with zero attached hydrogens (tertiary/aromatic N) is 2. The van der Waals surface area contributed by atoms with Crippen LogP contribution in [0.4, 0.5) is 5.13 Å². The maximum Gasteiger partial charge on any atom is 0.312 e. The number of aromatic nitrogens is 2. The molecule has 0 aliphatic carbocycles. The van der Waals surface area contributed by atoms with Gasteiger partial charge in [-0.3, -0.25) is 14.9 Å². The average Bonchev–Trinajstić information content (AvgIpc) is 2.87. The molecule has 104 valence electrons. The van der Waals surface area contributed by atoms with Crippen molar-refractivity contribution in [1.82, 2.24) is 10.2 Å². The fourth-order valence-corrected chi connectivity index (χ4v) is 2.19. The molecule has 0 atom stereocenters. The standard InChI is InChI=1S/C13H13N3O3S/c1-2-19-11(17)8-10-15-16-13(20-10)14-12(18)9-6-4-3-5-7-9/h3-7H,2,8H2,1H3,(H,14,16,18). The van der Waals surface area contributed by atoms with Crippen LogP contribution in [0.3, 0.4) is 0 Å². The van der Waals surface area contributed by atoms with E-state index < -0.39 is 0 Å². The molecule has 0 aliphatic rings. The summed E-state index contributed by atoms with van der Waals surface area (Å²) in [6.45, 7) is 2.07.